The standard InChI is InChI=1S/C24H16Cl2O4/c1-14-7-9-16(10-8-14)22-24(29-13-20(27)15-5-3-2-4-6-15)21(28)18-11-17(25)12-19(26)23(18)30-22/h2-12H,13H2,1H3. The highest BCUT2D eigenvalue weighted by Gasteiger charge is 2.21. The Kier molecular flexibility index (Phi) is 5.62. The summed E-state index contributed by atoms with van der Waals surface area (Å²) in [6.07, 6.45) is 0. The van der Waals surface area contributed by atoms with Gasteiger partial charge < -0.3 is 9.15 Å². The summed E-state index contributed by atoms with van der Waals surface area (Å²) >= 11 is 12.3. The van der Waals surface area contributed by atoms with Crippen LogP contribution in [0.15, 0.2) is 75.9 Å². The predicted octanol–water partition coefficient (Wildman–Crippen LogP) is 6.34. The number of ether oxygens (including phenoxy) is 1. The van der Waals surface area contributed by atoms with Crippen LogP contribution in [0.2, 0.25) is 10.0 Å². The summed E-state index contributed by atoms with van der Waals surface area (Å²) in [6, 6.07) is 19.1. The lowest BCUT2D eigenvalue weighted by atomic mass is 10.1. The summed E-state index contributed by atoms with van der Waals surface area (Å²) in [4.78, 5) is 25.7. The number of benzene rings is 3. The molecule has 0 amide bonds. The molecule has 0 saturated heterocycles. The SMILES string of the molecule is Cc1ccc(-c2oc3c(Cl)cc(Cl)cc3c(=O)c2OCC(=O)c2ccccc2)cc1. The van der Waals surface area contributed by atoms with Gasteiger partial charge in [0.2, 0.25) is 11.2 Å². The van der Waals surface area contributed by atoms with Crippen LogP contribution in [-0.4, -0.2) is 12.4 Å². The zero-order valence-electron chi connectivity index (χ0n) is 15.9. The van der Waals surface area contributed by atoms with Gasteiger partial charge >= 0.3 is 0 Å². The number of halogens is 2. The lowest BCUT2D eigenvalue weighted by molar-refractivity contribution is 0.0920. The van der Waals surface area contributed by atoms with Crippen LogP contribution in [0.5, 0.6) is 5.75 Å². The molecule has 0 saturated carbocycles. The van der Waals surface area contributed by atoms with Crippen LogP contribution >= 0.6 is 23.2 Å². The van der Waals surface area contributed by atoms with Gasteiger partial charge in [-0.1, -0.05) is 83.4 Å². The minimum absolute atomic E-state index is 0.0611. The van der Waals surface area contributed by atoms with Crippen LogP contribution in [-0.2, 0) is 0 Å². The maximum Gasteiger partial charge on any atom is 0.235 e. The van der Waals surface area contributed by atoms with Crippen molar-refractivity contribution in [1.29, 1.82) is 0 Å². The van der Waals surface area contributed by atoms with Gasteiger partial charge in [-0.3, -0.25) is 9.59 Å². The van der Waals surface area contributed by atoms with E-state index < -0.39 is 5.43 Å². The molecule has 0 aliphatic carbocycles. The fourth-order valence-corrected chi connectivity index (χ4v) is 3.61. The van der Waals surface area contributed by atoms with Crippen molar-refractivity contribution in [1.82, 2.24) is 0 Å². The molecule has 0 spiro atoms. The largest absolute Gasteiger partial charge is 0.478 e. The number of carbonyl (C=O) groups is 1. The van der Waals surface area contributed by atoms with Crippen LogP contribution < -0.4 is 10.2 Å². The molecule has 0 fully saturated rings. The molecule has 4 nitrogen and oxygen atoms in total. The molecule has 0 unspecified atom stereocenters. The van der Waals surface area contributed by atoms with E-state index >= 15 is 0 Å². The average Bonchev–Trinajstić information content (AvgIpc) is 2.74. The predicted molar refractivity (Wildman–Crippen MR) is 119 cm³/mol. The second kappa shape index (κ2) is 8.34. The zero-order valence-corrected chi connectivity index (χ0v) is 17.5. The first kappa shape index (κ1) is 20.2. The molecule has 0 bridgehead atoms. The highest BCUT2D eigenvalue weighted by atomic mass is 35.5. The topological polar surface area (TPSA) is 56.5 Å². The average molecular weight is 439 g/mol. The summed E-state index contributed by atoms with van der Waals surface area (Å²) < 4.78 is 11.7. The summed E-state index contributed by atoms with van der Waals surface area (Å²) in [5.41, 5.74) is 1.94. The Morgan fingerprint density at radius 1 is 1.00 bits per heavy atom. The van der Waals surface area contributed by atoms with E-state index in [-0.39, 0.29) is 39.9 Å². The van der Waals surface area contributed by atoms with Gasteiger partial charge in [0.15, 0.2) is 23.7 Å². The highest BCUT2D eigenvalue weighted by molar-refractivity contribution is 6.38. The molecule has 0 aliphatic rings. The van der Waals surface area contributed by atoms with E-state index in [2.05, 4.69) is 0 Å². The molecule has 4 aromatic rings. The number of ketones is 1. The smallest absolute Gasteiger partial charge is 0.235 e. The quantitative estimate of drug-likeness (QED) is 0.341. The molecule has 0 atom stereocenters. The number of aryl methyl sites for hydroxylation is 1. The number of hydrogen-bond donors (Lipinski definition) is 0. The molecule has 1 heterocycles. The van der Waals surface area contributed by atoms with Crippen molar-refractivity contribution in [3.63, 3.8) is 0 Å². The number of fused-ring (bicyclic) bond motifs is 1. The first-order valence-corrected chi connectivity index (χ1v) is 9.93. The van der Waals surface area contributed by atoms with Gasteiger partial charge in [0, 0.05) is 16.1 Å². The molecular formula is C24H16Cl2O4. The van der Waals surface area contributed by atoms with E-state index in [0.29, 0.717) is 16.1 Å². The first-order valence-electron chi connectivity index (χ1n) is 9.18. The fraction of sp³-hybridized carbons (Fsp3) is 0.0833. The normalized spacial score (nSPS) is 10.9. The fourth-order valence-electron chi connectivity index (χ4n) is 3.08. The highest BCUT2D eigenvalue weighted by Crippen LogP contribution is 2.35. The van der Waals surface area contributed by atoms with Crippen molar-refractivity contribution in [2.24, 2.45) is 0 Å². The Bertz CT molecular complexity index is 1290. The number of carbonyl (C=O) groups excluding carboxylic acids is 1. The van der Waals surface area contributed by atoms with Crippen molar-refractivity contribution in [3.05, 3.63) is 98.1 Å². The van der Waals surface area contributed by atoms with E-state index in [0.717, 1.165) is 5.56 Å². The second-order valence-corrected chi connectivity index (χ2v) is 7.64. The van der Waals surface area contributed by atoms with Crippen LogP contribution in [0.25, 0.3) is 22.3 Å². The van der Waals surface area contributed by atoms with Crippen molar-refractivity contribution >= 4 is 40.0 Å². The first-order chi connectivity index (χ1) is 14.4. The monoisotopic (exact) mass is 438 g/mol. The lowest BCUT2D eigenvalue weighted by Crippen LogP contribution is -2.17. The summed E-state index contributed by atoms with van der Waals surface area (Å²) in [5, 5.41) is 0.703. The van der Waals surface area contributed by atoms with Crippen LogP contribution in [0.3, 0.4) is 0 Å². The van der Waals surface area contributed by atoms with Gasteiger partial charge in [-0.05, 0) is 19.1 Å². The maximum absolute atomic E-state index is 13.2. The molecular weight excluding hydrogens is 423 g/mol. The van der Waals surface area contributed by atoms with Crippen molar-refractivity contribution in [2.45, 2.75) is 6.92 Å². The molecule has 30 heavy (non-hydrogen) atoms. The second-order valence-electron chi connectivity index (χ2n) is 6.80. The van der Waals surface area contributed by atoms with Gasteiger partial charge in [0.25, 0.3) is 0 Å². The van der Waals surface area contributed by atoms with E-state index in [4.69, 9.17) is 32.4 Å². The van der Waals surface area contributed by atoms with Crippen LogP contribution in [0.1, 0.15) is 15.9 Å². The lowest BCUT2D eigenvalue weighted by Gasteiger charge is -2.12. The van der Waals surface area contributed by atoms with Gasteiger partial charge in [-0.2, -0.15) is 0 Å². The van der Waals surface area contributed by atoms with Crippen LogP contribution in [0, 0.1) is 6.92 Å². The summed E-state index contributed by atoms with van der Waals surface area (Å²) in [5.74, 6) is -0.111. The van der Waals surface area contributed by atoms with Crippen molar-refractivity contribution in [3.8, 4) is 17.1 Å². The molecule has 6 heteroatoms. The van der Waals surface area contributed by atoms with Gasteiger partial charge in [0.05, 0.1) is 10.4 Å². The number of hydrogen-bond acceptors (Lipinski definition) is 4. The summed E-state index contributed by atoms with van der Waals surface area (Å²) in [6.45, 7) is 1.64. The number of rotatable bonds is 5. The van der Waals surface area contributed by atoms with Gasteiger partial charge in [-0.25, -0.2) is 0 Å². The third kappa shape index (κ3) is 3.97. The van der Waals surface area contributed by atoms with Crippen LogP contribution in [0.4, 0.5) is 0 Å². The van der Waals surface area contributed by atoms with E-state index in [1.54, 1.807) is 24.3 Å². The van der Waals surface area contributed by atoms with E-state index in [1.807, 2.05) is 37.3 Å². The van der Waals surface area contributed by atoms with Crippen molar-refractivity contribution < 1.29 is 13.9 Å². The Labute approximate surface area is 182 Å². The molecule has 150 valence electrons. The Morgan fingerprint density at radius 2 is 1.70 bits per heavy atom. The third-order valence-corrected chi connectivity index (χ3v) is 5.13. The van der Waals surface area contributed by atoms with Gasteiger partial charge in [-0.15, -0.1) is 0 Å². The Hall–Kier alpha value is -3.08. The van der Waals surface area contributed by atoms with Crippen molar-refractivity contribution in [2.75, 3.05) is 6.61 Å². The molecule has 4 rings (SSSR count). The molecule has 0 aliphatic heterocycles. The van der Waals surface area contributed by atoms with E-state index in [1.165, 1.54) is 12.1 Å². The summed E-state index contributed by atoms with van der Waals surface area (Å²) in [7, 11) is 0. The Morgan fingerprint density at radius 3 is 2.40 bits per heavy atom. The molecule has 3 aromatic carbocycles. The third-order valence-electron chi connectivity index (χ3n) is 4.63. The Balaban J connectivity index is 1.84. The molecule has 1 aromatic heterocycles. The molecule has 0 radical (unpaired) electrons. The maximum atomic E-state index is 13.2. The zero-order chi connectivity index (χ0) is 21.3. The minimum atomic E-state index is -0.447. The molecule has 0 N–H and O–H groups in total. The van der Waals surface area contributed by atoms with E-state index in [9.17, 15) is 9.59 Å². The minimum Gasteiger partial charge on any atom is -0.478 e. The number of Topliss-reactive ketones (excluding diaryl/α,β-unsaturated/α-hetero) is 1. The van der Waals surface area contributed by atoms with Gasteiger partial charge in [0.1, 0.15) is 0 Å².